The number of aromatic nitrogens is 2. The Hall–Kier alpha value is -0.880. The second-order valence-electron chi connectivity index (χ2n) is 5.60. The summed E-state index contributed by atoms with van der Waals surface area (Å²) in [5, 5.41) is 7.96. The summed E-state index contributed by atoms with van der Waals surface area (Å²) < 4.78 is 24.8. The van der Waals surface area contributed by atoms with Crippen molar-refractivity contribution in [3.63, 3.8) is 0 Å². The van der Waals surface area contributed by atoms with Gasteiger partial charge in [-0.2, -0.15) is 5.10 Å². The minimum Gasteiger partial charge on any atom is -0.310 e. The molecule has 0 saturated carbocycles. The maximum atomic E-state index is 11.4. The molecule has 2 rings (SSSR count). The van der Waals surface area contributed by atoms with E-state index in [0.717, 1.165) is 30.8 Å². The predicted molar refractivity (Wildman–Crippen MR) is 76.0 cm³/mol. The summed E-state index contributed by atoms with van der Waals surface area (Å²) in [6.07, 6.45) is 1.45. The zero-order valence-corrected chi connectivity index (χ0v) is 12.7. The van der Waals surface area contributed by atoms with Gasteiger partial charge in [-0.3, -0.25) is 4.68 Å². The fourth-order valence-electron chi connectivity index (χ4n) is 2.63. The Kier molecular flexibility index (Phi) is 4.30. The van der Waals surface area contributed by atoms with E-state index in [2.05, 4.69) is 30.3 Å². The van der Waals surface area contributed by atoms with Crippen molar-refractivity contribution >= 4 is 9.84 Å². The fraction of sp³-hybridized carbons (Fsp3) is 0.769. The lowest BCUT2D eigenvalue weighted by Gasteiger charge is -2.26. The number of rotatable bonds is 4. The molecule has 1 aromatic heterocycles. The molecule has 6 heteroatoms. The third-order valence-corrected chi connectivity index (χ3v) is 5.34. The summed E-state index contributed by atoms with van der Waals surface area (Å²) in [6.45, 7) is 7.00. The van der Waals surface area contributed by atoms with E-state index in [-0.39, 0.29) is 0 Å². The molecular weight excluding hydrogens is 262 g/mol. The van der Waals surface area contributed by atoms with Gasteiger partial charge in [0.25, 0.3) is 0 Å². The molecule has 1 saturated heterocycles. The van der Waals surface area contributed by atoms with E-state index in [1.165, 1.54) is 0 Å². The number of aryl methyl sites for hydroxylation is 2. The van der Waals surface area contributed by atoms with Crippen LogP contribution in [0.25, 0.3) is 0 Å². The maximum absolute atomic E-state index is 11.4. The number of hydrogen-bond acceptors (Lipinski definition) is 4. The molecule has 0 amide bonds. The van der Waals surface area contributed by atoms with Gasteiger partial charge in [0, 0.05) is 17.8 Å². The van der Waals surface area contributed by atoms with Gasteiger partial charge >= 0.3 is 0 Å². The van der Waals surface area contributed by atoms with Gasteiger partial charge in [0.1, 0.15) is 9.84 Å². The molecule has 19 heavy (non-hydrogen) atoms. The Morgan fingerprint density at radius 3 is 2.58 bits per heavy atom. The quantitative estimate of drug-likeness (QED) is 0.898. The molecule has 1 aromatic rings. The lowest BCUT2D eigenvalue weighted by Crippen LogP contribution is -2.43. The van der Waals surface area contributed by atoms with Crippen molar-refractivity contribution in [1.29, 1.82) is 0 Å². The van der Waals surface area contributed by atoms with Crippen LogP contribution in [-0.2, 0) is 16.4 Å². The summed E-state index contributed by atoms with van der Waals surface area (Å²) in [5.41, 5.74) is 2.20. The third-order valence-electron chi connectivity index (χ3n) is 3.63. The van der Waals surface area contributed by atoms with E-state index in [1.54, 1.807) is 0 Å². The van der Waals surface area contributed by atoms with Crippen LogP contribution in [0.4, 0.5) is 0 Å². The standard InChI is InChI=1S/C13H23N3O2S/c1-10-8-12(3)16(15-10)9-11(2)14-13-4-6-19(17,18)7-5-13/h8,11,13-14H,4-7,9H2,1-3H3. The number of nitrogens with zero attached hydrogens (tertiary/aromatic N) is 2. The molecule has 0 aliphatic carbocycles. The normalized spacial score (nSPS) is 21.4. The molecule has 0 bridgehead atoms. The lowest BCUT2D eigenvalue weighted by molar-refractivity contribution is 0.371. The summed E-state index contributed by atoms with van der Waals surface area (Å²) in [6, 6.07) is 2.68. The van der Waals surface area contributed by atoms with Gasteiger partial charge in [0.2, 0.25) is 0 Å². The molecule has 2 heterocycles. The third kappa shape index (κ3) is 4.04. The SMILES string of the molecule is Cc1cc(C)n(CC(C)NC2CCS(=O)(=O)CC2)n1. The first-order chi connectivity index (χ1) is 8.85. The van der Waals surface area contributed by atoms with Crippen LogP contribution in [0.2, 0.25) is 0 Å². The molecule has 5 nitrogen and oxygen atoms in total. The van der Waals surface area contributed by atoms with Crippen LogP contribution < -0.4 is 5.32 Å². The topological polar surface area (TPSA) is 64.0 Å². The van der Waals surface area contributed by atoms with Crippen LogP contribution in [-0.4, -0.2) is 41.8 Å². The molecule has 1 fully saturated rings. The predicted octanol–water partition coefficient (Wildman–Crippen LogP) is 1.06. The minimum atomic E-state index is -2.77. The molecule has 1 aliphatic heterocycles. The molecule has 1 unspecified atom stereocenters. The highest BCUT2D eigenvalue weighted by Crippen LogP contribution is 2.13. The highest BCUT2D eigenvalue weighted by atomic mass is 32.2. The van der Waals surface area contributed by atoms with Gasteiger partial charge in [-0.25, -0.2) is 8.42 Å². The van der Waals surface area contributed by atoms with Crippen LogP contribution in [0.5, 0.6) is 0 Å². The Balaban J connectivity index is 1.85. The zero-order valence-electron chi connectivity index (χ0n) is 11.9. The maximum Gasteiger partial charge on any atom is 0.150 e. The van der Waals surface area contributed by atoms with Crippen molar-refractivity contribution in [2.75, 3.05) is 11.5 Å². The van der Waals surface area contributed by atoms with E-state index >= 15 is 0 Å². The summed E-state index contributed by atoms with van der Waals surface area (Å²) >= 11 is 0. The Morgan fingerprint density at radius 1 is 1.42 bits per heavy atom. The van der Waals surface area contributed by atoms with E-state index in [1.807, 2.05) is 11.6 Å². The molecule has 1 atom stereocenters. The first-order valence-corrected chi connectivity index (χ1v) is 8.65. The number of nitrogens with one attached hydrogen (secondary N) is 1. The van der Waals surface area contributed by atoms with Gasteiger partial charge in [-0.1, -0.05) is 0 Å². The van der Waals surface area contributed by atoms with Crippen LogP contribution in [0, 0.1) is 13.8 Å². The van der Waals surface area contributed by atoms with Crippen molar-refractivity contribution in [3.05, 3.63) is 17.5 Å². The average Bonchev–Trinajstić information content (AvgIpc) is 2.60. The average molecular weight is 285 g/mol. The molecular formula is C13H23N3O2S. The first kappa shape index (κ1) is 14.5. The Bertz CT molecular complexity index is 522. The summed E-state index contributed by atoms with van der Waals surface area (Å²) in [7, 11) is -2.77. The lowest BCUT2D eigenvalue weighted by atomic mass is 10.1. The van der Waals surface area contributed by atoms with Crippen molar-refractivity contribution < 1.29 is 8.42 Å². The van der Waals surface area contributed by atoms with Crippen LogP contribution in [0.3, 0.4) is 0 Å². The molecule has 1 N–H and O–H groups in total. The van der Waals surface area contributed by atoms with E-state index in [0.29, 0.717) is 23.6 Å². The van der Waals surface area contributed by atoms with Gasteiger partial charge in [0.15, 0.2) is 0 Å². The van der Waals surface area contributed by atoms with E-state index in [9.17, 15) is 8.42 Å². The fourth-order valence-corrected chi connectivity index (χ4v) is 4.12. The van der Waals surface area contributed by atoms with E-state index in [4.69, 9.17) is 0 Å². The smallest absolute Gasteiger partial charge is 0.150 e. The van der Waals surface area contributed by atoms with Gasteiger partial charge < -0.3 is 5.32 Å². The molecule has 0 radical (unpaired) electrons. The highest BCUT2D eigenvalue weighted by molar-refractivity contribution is 7.91. The minimum absolute atomic E-state index is 0.295. The zero-order chi connectivity index (χ0) is 14.0. The Labute approximate surface area is 115 Å². The van der Waals surface area contributed by atoms with Crippen molar-refractivity contribution in [2.24, 2.45) is 0 Å². The second-order valence-corrected chi connectivity index (χ2v) is 7.91. The number of hydrogen-bond donors (Lipinski definition) is 1. The Morgan fingerprint density at radius 2 is 2.05 bits per heavy atom. The van der Waals surface area contributed by atoms with Gasteiger partial charge in [0.05, 0.1) is 23.7 Å². The molecule has 0 spiro atoms. The van der Waals surface area contributed by atoms with Crippen LogP contribution in [0.15, 0.2) is 6.07 Å². The van der Waals surface area contributed by atoms with E-state index < -0.39 is 9.84 Å². The molecule has 0 aromatic carbocycles. The van der Waals surface area contributed by atoms with Crippen LogP contribution >= 0.6 is 0 Å². The second kappa shape index (κ2) is 5.63. The summed E-state index contributed by atoms with van der Waals surface area (Å²) in [4.78, 5) is 0. The highest BCUT2D eigenvalue weighted by Gasteiger charge is 2.24. The van der Waals surface area contributed by atoms with Gasteiger partial charge in [-0.05, 0) is 39.7 Å². The van der Waals surface area contributed by atoms with Crippen molar-refractivity contribution in [2.45, 2.75) is 52.2 Å². The van der Waals surface area contributed by atoms with Crippen LogP contribution in [0.1, 0.15) is 31.2 Å². The van der Waals surface area contributed by atoms with Gasteiger partial charge in [-0.15, -0.1) is 0 Å². The van der Waals surface area contributed by atoms with Crippen molar-refractivity contribution in [1.82, 2.24) is 15.1 Å². The van der Waals surface area contributed by atoms with Crippen molar-refractivity contribution in [3.8, 4) is 0 Å². The molecule has 1 aliphatic rings. The number of sulfone groups is 1. The first-order valence-electron chi connectivity index (χ1n) is 6.83. The largest absolute Gasteiger partial charge is 0.310 e. The molecule has 108 valence electrons. The monoisotopic (exact) mass is 285 g/mol. The summed E-state index contributed by atoms with van der Waals surface area (Å²) in [5.74, 6) is 0.634.